The van der Waals surface area contributed by atoms with Gasteiger partial charge in [-0.15, -0.1) is 0 Å². The maximum absolute atomic E-state index is 11.4. The van der Waals surface area contributed by atoms with Crippen LogP contribution in [0.1, 0.15) is 41.1 Å². The topological polar surface area (TPSA) is 26.3 Å². The molecule has 1 aromatic rings. The third-order valence-corrected chi connectivity index (χ3v) is 2.99. The molecule has 0 aromatic heterocycles. The van der Waals surface area contributed by atoms with Crippen LogP contribution in [0.3, 0.4) is 0 Å². The standard InChI is InChI=1S/C14H16O2/c1-16-14(15)13-9-5-8-12(10-13)11-6-3-2-4-7-11/h3,5-6,8-11H,2,4,7H2,1H3/t11-/m1/s1. The number of esters is 1. The molecule has 1 atom stereocenters. The highest BCUT2D eigenvalue weighted by Crippen LogP contribution is 2.28. The van der Waals surface area contributed by atoms with Crippen LogP contribution in [0.25, 0.3) is 0 Å². The van der Waals surface area contributed by atoms with Crippen LogP contribution in [-0.4, -0.2) is 13.1 Å². The SMILES string of the molecule is COC(=O)c1cccc([C@@H]2C=CCCC2)c1. The maximum Gasteiger partial charge on any atom is 0.337 e. The molecule has 2 rings (SSSR count). The van der Waals surface area contributed by atoms with Crippen molar-refractivity contribution < 1.29 is 9.53 Å². The van der Waals surface area contributed by atoms with Crippen molar-refractivity contribution in [3.05, 3.63) is 47.5 Å². The highest BCUT2D eigenvalue weighted by Gasteiger charge is 2.13. The van der Waals surface area contributed by atoms with Gasteiger partial charge in [0.2, 0.25) is 0 Å². The molecule has 0 N–H and O–H groups in total. The van der Waals surface area contributed by atoms with Crippen molar-refractivity contribution in [2.75, 3.05) is 7.11 Å². The first-order valence-corrected chi connectivity index (χ1v) is 5.66. The summed E-state index contributed by atoms with van der Waals surface area (Å²) >= 11 is 0. The molecule has 1 aliphatic rings. The lowest BCUT2D eigenvalue weighted by molar-refractivity contribution is 0.0600. The first kappa shape index (κ1) is 10.9. The number of rotatable bonds is 2. The van der Waals surface area contributed by atoms with E-state index in [0.29, 0.717) is 11.5 Å². The summed E-state index contributed by atoms with van der Waals surface area (Å²) in [4.78, 5) is 11.4. The van der Waals surface area contributed by atoms with E-state index in [1.54, 1.807) is 6.07 Å². The Morgan fingerprint density at radius 2 is 2.31 bits per heavy atom. The molecule has 1 aromatic carbocycles. The lowest BCUT2D eigenvalue weighted by Gasteiger charge is -2.17. The molecule has 0 spiro atoms. The highest BCUT2D eigenvalue weighted by molar-refractivity contribution is 5.89. The monoisotopic (exact) mass is 216 g/mol. The normalized spacial score (nSPS) is 19.4. The summed E-state index contributed by atoms with van der Waals surface area (Å²) in [6.45, 7) is 0. The van der Waals surface area contributed by atoms with Gasteiger partial charge in [0.1, 0.15) is 0 Å². The van der Waals surface area contributed by atoms with Gasteiger partial charge in [0, 0.05) is 5.92 Å². The highest BCUT2D eigenvalue weighted by atomic mass is 16.5. The van der Waals surface area contributed by atoms with Gasteiger partial charge in [0.05, 0.1) is 12.7 Å². The summed E-state index contributed by atoms with van der Waals surface area (Å²) in [7, 11) is 1.41. The molecule has 84 valence electrons. The number of methoxy groups -OCH3 is 1. The fourth-order valence-corrected chi connectivity index (χ4v) is 2.10. The average Bonchev–Trinajstić information content (AvgIpc) is 2.39. The second kappa shape index (κ2) is 4.97. The van der Waals surface area contributed by atoms with Gasteiger partial charge in [-0.1, -0.05) is 24.3 Å². The van der Waals surface area contributed by atoms with Gasteiger partial charge < -0.3 is 4.74 Å². The molecule has 0 unspecified atom stereocenters. The van der Waals surface area contributed by atoms with E-state index in [-0.39, 0.29) is 5.97 Å². The van der Waals surface area contributed by atoms with Crippen molar-refractivity contribution in [1.29, 1.82) is 0 Å². The molecule has 0 amide bonds. The van der Waals surface area contributed by atoms with Gasteiger partial charge in [-0.2, -0.15) is 0 Å². The Bertz CT molecular complexity index is 407. The van der Waals surface area contributed by atoms with E-state index in [9.17, 15) is 4.79 Å². The third kappa shape index (κ3) is 2.32. The number of carbonyl (C=O) groups excluding carboxylic acids is 1. The number of benzene rings is 1. The smallest absolute Gasteiger partial charge is 0.337 e. The molecule has 0 saturated heterocycles. The molecule has 0 aliphatic heterocycles. The quantitative estimate of drug-likeness (QED) is 0.560. The lowest BCUT2D eigenvalue weighted by Crippen LogP contribution is -2.04. The predicted molar refractivity (Wildman–Crippen MR) is 63.5 cm³/mol. The summed E-state index contributed by atoms with van der Waals surface area (Å²) in [5, 5.41) is 0. The summed E-state index contributed by atoms with van der Waals surface area (Å²) in [5.41, 5.74) is 1.85. The Labute approximate surface area is 95.9 Å². The van der Waals surface area contributed by atoms with Crippen LogP contribution in [0.15, 0.2) is 36.4 Å². The summed E-state index contributed by atoms with van der Waals surface area (Å²) < 4.78 is 4.72. The predicted octanol–water partition coefficient (Wildman–Crippen LogP) is 3.30. The minimum Gasteiger partial charge on any atom is -0.465 e. The van der Waals surface area contributed by atoms with Crippen molar-refractivity contribution in [1.82, 2.24) is 0 Å². The molecule has 0 fully saturated rings. The van der Waals surface area contributed by atoms with Gasteiger partial charge in [0.15, 0.2) is 0 Å². The molecule has 2 nitrogen and oxygen atoms in total. The summed E-state index contributed by atoms with van der Waals surface area (Å²) in [5.74, 6) is 0.194. The minimum atomic E-state index is -0.262. The Morgan fingerprint density at radius 1 is 1.44 bits per heavy atom. The molecular weight excluding hydrogens is 200 g/mol. The zero-order valence-electron chi connectivity index (χ0n) is 9.48. The van der Waals surface area contributed by atoms with Crippen LogP contribution in [0.4, 0.5) is 0 Å². The van der Waals surface area contributed by atoms with Crippen LogP contribution >= 0.6 is 0 Å². The van der Waals surface area contributed by atoms with E-state index >= 15 is 0 Å². The average molecular weight is 216 g/mol. The molecule has 0 bridgehead atoms. The van der Waals surface area contributed by atoms with Crippen molar-refractivity contribution in [3.8, 4) is 0 Å². The number of allylic oxidation sites excluding steroid dienone is 2. The van der Waals surface area contributed by atoms with Crippen LogP contribution in [0.2, 0.25) is 0 Å². The largest absolute Gasteiger partial charge is 0.465 e. The number of hydrogen-bond donors (Lipinski definition) is 0. The van der Waals surface area contributed by atoms with Crippen LogP contribution in [0, 0.1) is 0 Å². The molecule has 2 heteroatoms. The van der Waals surface area contributed by atoms with E-state index in [4.69, 9.17) is 4.74 Å². The Balaban J connectivity index is 2.24. The van der Waals surface area contributed by atoms with Gasteiger partial charge in [0.25, 0.3) is 0 Å². The van der Waals surface area contributed by atoms with E-state index in [2.05, 4.69) is 18.2 Å². The molecule has 0 radical (unpaired) electrons. The van der Waals surface area contributed by atoms with E-state index in [1.165, 1.54) is 31.9 Å². The molecule has 1 aliphatic carbocycles. The van der Waals surface area contributed by atoms with E-state index < -0.39 is 0 Å². The van der Waals surface area contributed by atoms with Crippen molar-refractivity contribution in [2.45, 2.75) is 25.2 Å². The van der Waals surface area contributed by atoms with Crippen LogP contribution in [0.5, 0.6) is 0 Å². The van der Waals surface area contributed by atoms with E-state index in [1.807, 2.05) is 12.1 Å². The Morgan fingerprint density at radius 3 is 3.00 bits per heavy atom. The molecule has 16 heavy (non-hydrogen) atoms. The van der Waals surface area contributed by atoms with Gasteiger partial charge in [-0.05, 0) is 37.0 Å². The molecular formula is C14H16O2. The summed E-state index contributed by atoms with van der Waals surface area (Å²) in [6.07, 6.45) is 8.02. The van der Waals surface area contributed by atoms with Gasteiger partial charge in [-0.3, -0.25) is 0 Å². The fraction of sp³-hybridized carbons (Fsp3) is 0.357. The zero-order valence-corrected chi connectivity index (χ0v) is 9.48. The van der Waals surface area contributed by atoms with Gasteiger partial charge in [-0.25, -0.2) is 4.79 Å². The van der Waals surface area contributed by atoms with Crippen molar-refractivity contribution in [3.63, 3.8) is 0 Å². The maximum atomic E-state index is 11.4. The first-order chi connectivity index (χ1) is 7.81. The second-order valence-corrected chi connectivity index (χ2v) is 4.08. The van der Waals surface area contributed by atoms with Crippen molar-refractivity contribution >= 4 is 5.97 Å². The zero-order chi connectivity index (χ0) is 11.4. The lowest BCUT2D eigenvalue weighted by atomic mass is 9.88. The van der Waals surface area contributed by atoms with Crippen molar-refractivity contribution in [2.24, 2.45) is 0 Å². The van der Waals surface area contributed by atoms with E-state index in [0.717, 1.165) is 0 Å². The number of ether oxygens (including phenoxy) is 1. The van der Waals surface area contributed by atoms with Crippen LogP contribution < -0.4 is 0 Å². The van der Waals surface area contributed by atoms with Crippen LogP contribution in [-0.2, 0) is 4.74 Å². The minimum absolute atomic E-state index is 0.262. The Kier molecular flexibility index (Phi) is 3.40. The summed E-state index contributed by atoms with van der Waals surface area (Å²) in [6, 6.07) is 7.73. The molecule has 0 saturated carbocycles. The number of hydrogen-bond acceptors (Lipinski definition) is 2. The first-order valence-electron chi connectivity index (χ1n) is 5.66. The second-order valence-electron chi connectivity index (χ2n) is 4.08. The molecule has 0 heterocycles. The van der Waals surface area contributed by atoms with Gasteiger partial charge >= 0.3 is 5.97 Å². The Hall–Kier alpha value is -1.57. The third-order valence-electron chi connectivity index (χ3n) is 2.99. The number of carbonyl (C=O) groups is 1. The fourth-order valence-electron chi connectivity index (χ4n) is 2.10.